The molecule has 1 N–H and O–H groups in total. The Kier molecular flexibility index (Phi) is 4.60. The summed E-state index contributed by atoms with van der Waals surface area (Å²) >= 11 is 0. The summed E-state index contributed by atoms with van der Waals surface area (Å²) in [7, 11) is 2.21. The molecule has 1 saturated carbocycles. The van der Waals surface area contributed by atoms with Crippen molar-refractivity contribution < 1.29 is 0 Å². The Morgan fingerprint density at radius 2 is 1.92 bits per heavy atom. The largest absolute Gasteiger partial charge is 0.372 e. The molecule has 1 aromatic heterocycles. The van der Waals surface area contributed by atoms with Gasteiger partial charge in [-0.25, -0.2) is 4.98 Å². The molecule has 3 aliphatic rings. The Hall–Kier alpha value is -1.75. The van der Waals surface area contributed by atoms with E-state index in [4.69, 9.17) is 0 Å². The number of piperazine rings is 1. The smallest absolute Gasteiger partial charge is 0.203 e. The fourth-order valence-corrected chi connectivity index (χ4v) is 4.16. The standard InChI is InChI=1S/C19H29N5/c1-22-11-13-23(14-12-22)18-8-4-5-16(15-18)21-19-20-9-10-24(19)17-6-2-3-7-17/h4-5,8-10,16-17H,2-3,6-7,11-15H2,1H3,(H,20,21). The minimum atomic E-state index is 0.340. The Morgan fingerprint density at radius 3 is 2.71 bits per heavy atom. The van der Waals surface area contributed by atoms with Crippen molar-refractivity contribution in [3.8, 4) is 0 Å². The number of hydrogen-bond donors (Lipinski definition) is 1. The highest BCUT2D eigenvalue weighted by atomic mass is 15.3. The monoisotopic (exact) mass is 327 g/mol. The molecule has 2 aliphatic carbocycles. The lowest BCUT2D eigenvalue weighted by atomic mass is 10.0. The minimum Gasteiger partial charge on any atom is -0.372 e. The van der Waals surface area contributed by atoms with Crippen molar-refractivity contribution in [3.63, 3.8) is 0 Å². The van der Waals surface area contributed by atoms with Crippen molar-refractivity contribution in [2.75, 3.05) is 38.5 Å². The summed E-state index contributed by atoms with van der Waals surface area (Å²) in [5.74, 6) is 1.04. The zero-order valence-electron chi connectivity index (χ0n) is 14.7. The first-order chi connectivity index (χ1) is 11.8. The first kappa shape index (κ1) is 15.8. The van der Waals surface area contributed by atoms with E-state index in [2.05, 4.69) is 56.1 Å². The summed E-state index contributed by atoms with van der Waals surface area (Å²) in [6.45, 7) is 4.59. The average Bonchev–Trinajstić information content (AvgIpc) is 3.27. The Balaban J connectivity index is 1.39. The molecule has 1 aliphatic heterocycles. The van der Waals surface area contributed by atoms with Crippen molar-refractivity contribution in [2.24, 2.45) is 0 Å². The van der Waals surface area contributed by atoms with Crippen LogP contribution in [0.1, 0.15) is 38.1 Å². The van der Waals surface area contributed by atoms with Crippen molar-refractivity contribution in [2.45, 2.75) is 44.2 Å². The SMILES string of the molecule is CN1CCN(C2=CC=CC(Nc3nccn3C3CCCC3)C2)CC1. The molecule has 0 bridgehead atoms. The van der Waals surface area contributed by atoms with Crippen LogP contribution < -0.4 is 5.32 Å². The number of imidazole rings is 1. The number of nitrogens with zero attached hydrogens (tertiary/aromatic N) is 4. The van der Waals surface area contributed by atoms with Crippen molar-refractivity contribution >= 4 is 5.95 Å². The Morgan fingerprint density at radius 1 is 1.12 bits per heavy atom. The second-order valence-corrected chi connectivity index (χ2v) is 7.38. The lowest BCUT2D eigenvalue weighted by Gasteiger charge is -2.37. The van der Waals surface area contributed by atoms with Crippen LogP contribution in [0.4, 0.5) is 5.95 Å². The van der Waals surface area contributed by atoms with Crippen LogP contribution in [0.2, 0.25) is 0 Å². The first-order valence-corrected chi connectivity index (χ1v) is 9.40. The van der Waals surface area contributed by atoms with Crippen molar-refractivity contribution in [3.05, 3.63) is 36.3 Å². The summed E-state index contributed by atoms with van der Waals surface area (Å²) in [6.07, 6.45) is 17.2. The van der Waals surface area contributed by atoms with Crippen molar-refractivity contribution in [1.29, 1.82) is 0 Å². The fourth-order valence-electron chi connectivity index (χ4n) is 4.16. The van der Waals surface area contributed by atoms with Gasteiger partial charge in [-0.3, -0.25) is 0 Å². The van der Waals surface area contributed by atoms with Crippen LogP contribution >= 0.6 is 0 Å². The molecule has 0 amide bonds. The zero-order chi connectivity index (χ0) is 16.4. The maximum absolute atomic E-state index is 4.58. The van der Waals surface area contributed by atoms with E-state index in [0.717, 1.165) is 38.5 Å². The molecule has 1 atom stereocenters. The van der Waals surface area contributed by atoms with Crippen LogP contribution in [-0.2, 0) is 0 Å². The van der Waals surface area contributed by atoms with E-state index < -0.39 is 0 Å². The van der Waals surface area contributed by atoms with E-state index in [9.17, 15) is 0 Å². The summed E-state index contributed by atoms with van der Waals surface area (Å²) in [4.78, 5) is 9.53. The number of aromatic nitrogens is 2. The molecule has 24 heavy (non-hydrogen) atoms. The Labute approximate surface area is 145 Å². The molecule has 1 unspecified atom stereocenters. The molecule has 0 spiro atoms. The van der Waals surface area contributed by atoms with E-state index in [1.165, 1.54) is 31.4 Å². The van der Waals surface area contributed by atoms with Gasteiger partial charge in [0.1, 0.15) is 0 Å². The van der Waals surface area contributed by atoms with E-state index in [-0.39, 0.29) is 0 Å². The van der Waals surface area contributed by atoms with Gasteiger partial charge in [0.25, 0.3) is 0 Å². The molecular weight excluding hydrogens is 298 g/mol. The molecule has 130 valence electrons. The lowest BCUT2D eigenvalue weighted by molar-refractivity contribution is 0.181. The maximum Gasteiger partial charge on any atom is 0.203 e. The molecule has 0 radical (unpaired) electrons. The highest BCUT2D eigenvalue weighted by molar-refractivity contribution is 5.35. The van der Waals surface area contributed by atoms with E-state index in [1.54, 1.807) is 0 Å². The molecule has 2 heterocycles. The number of anilines is 1. The highest BCUT2D eigenvalue weighted by Gasteiger charge is 2.23. The van der Waals surface area contributed by atoms with Gasteiger partial charge in [-0.15, -0.1) is 0 Å². The quantitative estimate of drug-likeness (QED) is 0.922. The van der Waals surface area contributed by atoms with Crippen LogP contribution in [0.3, 0.4) is 0 Å². The summed E-state index contributed by atoms with van der Waals surface area (Å²) in [5, 5.41) is 3.67. The fraction of sp³-hybridized carbons (Fsp3) is 0.632. The van der Waals surface area contributed by atoms with E-state index in [0.29, 0.717) is 12.1 Å². The molecule has 5 heteroatoms. The number of likely N-dealkylation sites (N-methyl/N-ethyl adjacent to an activating group) is 1. The highest BCUT2D eigenvalue weighted by Crippen LogP contribution is 2.32. The third-order valence-corrected chi connectivity index (χ3v) is 5.67. The third-order valence-electron chi connectivity index (χ3n) is 5.67. The van der Waals surface area contributed by atoms with Gasteiger partial charge in [-0.1, -0.05) is 25.0 Å². The first-order valence-electron chi connectivity index (χ1n) is 9.40. The van der Waals surface area contributed by atoms with Crippen molar-refractivity contribution in [1.82, 2.24) is 19.4 Å². The molecule has 1 saturated heterocycles. The van der Waals surface area contributed by atoms with Gasteiger partial charge in [-0.2, -0.15) is 0 Å². The Bertz CT molecular complexity index is 603. The van der Waals surface area contributed by atoms with Gasteiger partial charge in [0.2, 0.25) is 5.95 Å². The van der Waals surface area contributed by atoms with Gasteiger partial charge in [0, 0.05) is 56.7 Å². The minimum absolute atomic E-state index is 0.340. The van der Waals surface area contributed by atoms with Crippen LogP contribution in [0, 0.1) is 0 Å². The van der Waals surface area contributed by atoms with Gasteiger partial charge in [0.05, 0.1) is 6.04 Å². The molecule has 2 fully saturated rings. The lowest BCUT2D eigenvalue weighted by Crippen LogP contribution is -2.44. The number of allylic oxidation sites excluding steroid dienone is 2. The second-order valence-electron chi connectivity index (χ2n) is 7.38. The molecular formula is C19H29N5. The van der Waals surface area contributed by atoms with Gasteiger partial charge >= 0.3 is 0 Å². The number of nitrogens with one attached hydrogen (secondary N) is 1. The predicted molar refractivity (Wildman–Crippen MR) is 98.1 cm³/mol. The third kappa shape index (κ3) is 3.36. The molecule has 0 aromatic carbocycles. The number of hydrogen-bond acceptors (Lipinski definition) is 4. The van der Waals surface area contributed by atoms with Crippen LogP contribution in [-0.4, -0.2) is 58.6 Å². The van der Waals surface area contributed by atoms with E-state index in [1.807, 2.05) is 6.20 Å². The molecule has 1 aromatic rings. The molecule has 5 nitrogen and oxygen atoms in total. The van der Waals surface area contributed by atoms with Gasteiger partial charge < -0.3 is 19.7 Å². The van der Waals surface area contributed by atoms with Crippen LogP contribution in [0.5, 0.6) is 0 Å². The normalized spacial score (nSPS) is 26.0. The van der Waals surface area contributed by atoms with Crippen LogP contribution in [0.15, 0.2) is 36.3 Å². The predicted octanol–water partition coefficient (Wildman–Crippen LogP) is 2.87. The van der Waals surface area contributed by atoms with Gasteiger partial charge in [0.15, 0.2) is 0 Å². The molecule has 4 rings (SSSR count). The summed E-state index contributed by atoms with van der Waals surface area (Å²) < 4.78 is 2.36. The van der Waals surface area contributed by atoms with Crippen LogP contribution in [0.25, 0.3) is 0 Å². The number of rotatable bonds is 4. The summed E-state index contributed by atoms with van der Waals surface area (Å²) in [6, 6.07) is 0.974. The summed E-state index contributed by atoms with van der Waals surface area (Å²) in [5.41, 5.74) is 1.46. The second kappa shape index (κ2) is 7.01. The topological polar surface area (TPSA) is 36.3 Å². The zero-order valence-corrected chi connectivity index (χ0v) is 14.7. The average molecular weight is 327 g/mol. The van der Waals surface area contributed by atoms with E-state index >= 15 is 0 Å². The maximum atomic E-state index is 4.58. The van der Waals surface area contributed by atoms with Gasteiger partial charge in [-0.05, 0) is 26.0 Å².